The van der Waals surface area contributed by atoms with E-state index in [4.69, 9.17) is 10.8 Å². The predicted molar refractivity (Wildman–Crippen MR) is 80.1 cm³/mol. The van der Waals surface area contributed by atoms with Crippen LogP contribution in [0.4, 0.5) is 0 Å². The molecule has 0 aromatic carbocycles. The summed E-state index contributed by atoms with van der Waals surface area (Å²) in [5.41, 5.74) is 5.55. The molecule has 0 amide bonds. The Morgan fingerprint density at radius 2 is 1.89 bits per heavy atom. The van der Waals surface area contributed by atoms with Crippen LogP contribution in [0.15, 0.2) is 0 Å². The fourth-order valence-corrected chi connectivity index (χ4v) is 3.03. The molecule has 0 saturated heterocycles. The minimum atomic E-state index is -0.899. The molecular weight excluding hydrogens is 246 g/mol. The van der Waals surface area contributed by atoms with Crippen LogP contribution in [0, 0.1) is 0 Å². The number of hydrogen-bond acceptors (Lipinski definition) is 3. The van der Waals surface area contributed by atoms with Crippen molar-refractivity contribution in [2.24, 2.45) is 5.73 Å². The molecular formula is C14H29NO2S. The van der Waals surface area contributed by atoms with Gasteiger partial charge >= 0.3 is 5.97 Å². The van der Waals surface area contributed by atoms with Gasteiger partial charge < -0.3 is 10.8 Å². The van der Waals surface area contributed by atoms with E-state index in [1.165, 1.54) is 32.1 Å². The van der Waals surface area contributed by atoms with E-state index in [0.717, 1.165) is 12.8 Å². The molecule has 3 nitrogen and oxygen atoms in total. The number of hydrogen-bond donors (Lipinski definition) is 2. The van der Waals surface area contributed by atoms with Gasteiger partial charge in [0.25, 0.3) is 0 Å². The minimum Gasteiger partial charge on any atom is -0.480 e. The normalized spacial score (nSPS) is 16.2. The quantitative estimate of drug-likeness (QED) is 0.565. The Morgan fingerprint density at radius 1 is 1.28 bits per heavy atom. The van der Waals surface area contributed by atoms with Crippen molar-refractivity contribution < 1.29 is 9.90 Å². The topological polar surface area (TPSA) is 63.3 Å². The van der Waals surface area contributed by atoms with Gasteiger partial charge in [-0.1, -0.05) is 52.9 Å². The summed E-state index contributed by atoms with van der Waals surface area (Å²) in [6.07, 6.45) is 8.65. The number of aliphatic carboxylic acids is 1. The first-order valence-electron chi connectivity index (χ1n) is 7.07. The maximum absolute atomic E-state index is 10.7. The van der Waals surface area contributed by atoms with E-state index in [9.17, 15) is 4.79 Å². The Bertz CT molecular complexity index is 236. The molecule has 0 saturated carbocycles. The molecule has 2 unspecified atom stereocenters. The number of thioether (sulfide) groups is 1. The third-order valence-electron chi connectivity index (χ3n) is 3.49. The molecule has 108 valence electrons. The van der Waals surface area contributed by atoms with Gasteiger partial charge in [-0.2, -0.15) is 11.8 Å². The van der Waals surface area contributed by atoms with Crippen LogP contribution >= 0.6 is 11.8 Å². The second-order valence-electron chi connectivity index (χ2n) is 5.22. The van der Waals surface area contributed by atoms with Crippen molar-refractivity contribution >= 4 is 17.7 Å². The monoisotopic (exact) mass is 275 g/mol. The summed E-state index contributed by atoms with van der Waals surface area (Å²) in [5, 5.41) is 8.79. The lowest BCUT2D eigenvalue weighted by Crippen LogP contribution is -2.34. The Morgan fingerprint density at radius 3 is 2.39 bits per heavy atom. The maximum Gasteiger partial charge on any atom is 0.321 e. The Labute approximate surface area is 116 Å². The summed E-state index contributed by atoms with van der Waals surface area (Å²) >= 11 is 1.72. The number of unbranched alkanes of at least 4 members (excludes halogenated alkanes) is 4. The van der Waals surface area contributed by atoms with E-state index in [1.54, 1.807) is 11.8 Å². The van der Waals surface area contributed by atoms with Crippen molar-refractivity contribution in [3.63, 3.8) is 0 Å². The van der Waals surface area contributed by atoms with Crippen LogP contribution in [0.5, 0.6) is 0 Å². The van der Waals surface area contributed by atoms with E-state index in [2.05, 4.69) is 20.8 Å². The molecule has 0 fully saturated rings. The molecule has 0 radical (unpaired) electrons. The zero-order chi connectivity index (χ0) is 14.0. The number of rotatable bonds is 11. The van der Waals surface area contributed by atoms with Crippen LogP contribution in [0.3, 0.4) is 0 Å². The van der Waals surface area contributed by atoms with E-state index in [0.29, 0.717) is 5.75 Å². The molecule has 2 atom stereocenters. The van der Waals surface area contributed by atoms with Gasteiger partial charge in [-0.05, 0) is 12.8 Å². The van der Waals surface area contributed by atoms with Gasteiger partial charge in [-0.3, -0.25) is 4.79 Å². The van der Waals surface area contributed by atoms with E-state index in [-0.39, 0.29) is 4.75 Å². The lowest BCUT2D eigenvalue weighted by molar-refractivity contribution is -0.137. The highest BCUT2D eigenvalue weighted by Crippen LogP contribution is 2.34. The smallest absolute Gasteiger partial charge is 0.321 e. The highest BCUT2D eigenvalue weighted by molar-refractivity contribution is 8.00. The van der Waals surface area contributed by atoms with Gasteiger partial charge in [0.15, 0.2) is 0 Å². The number of carboxylic acids is 1. The highest BCUT2D eigenvalue weighted by Gasteiger charge is 2.24. The molecule has 0 aliphatic heterocycles. The van der Waals surface area contributed by atoms with Gasteiger partial charge in [0, 0.05) is 10.5 Å². The molecule has 4 heteroatoms. The molecule has 0 aromatic rings. The Balaban J connectivity index is 3.91. The second kappa shape index (κ2) is 9.68. The molecule has 0 bridgehead atoms. The van der Waals surface area contributed by atoms with Gasteiger partial charge in [-0.25, -0.2) is 0 Å². The summed E-state index contributed by atoms with van der Waals surface area (Å²) < 4.78 is 0.180. The van der Waals surface area contributed by atoms with E-state index >= 15 is 0 Å². The lowest BCUT2D eigenvalue weighted by atomic mass is 9.99. The number of nitrogens with two attached hydrogens (primary N) is 1. The fourth-order valence-electron chi connectivity index (χ4n) is 1.82. The van der Waals surface area contributed by atoms with Gasteiger partial charge in [0.2, 0.25) is 0 Å². The first-order valence-corrected chi connectivity index (χ1v) is 8.06. The van der Waals surface area contributed by atoms with Gasteiger partial charge in [0.1, 0.15) is 6.04 Å². The van der Waals surface area contributed by atoms with Crippen molar-refractivity contribution in [3.05, 3.63) is 0 Å². The molecule has 0 spiro atoms. The van der Waals surface area contributed by atoms with Crippen molar-refractivity contribution in [1.82, 2.24) is 0 Å². The van der Waals surface area contributed by atoms with Crippen LogP contribution in [0.25, 0.3) is 0 Å². The molecule has 0 rings (SSSR count). The van der Waals surface area contributed by atoms with Crippen molar-refractivity contribution in [3.8, 4) is 0 Å². The molecule has 0 aliphatic rings. The van der Waals surface area contributed by atoms with Crippen molar-refractivity contribution in [1.29, 1.82) is 0 Å². The summed E-state index contributed by atoms with van der Waals surface area (Å²) in [6.45, 7) is 6.62. The summed E-state index contributed by atoms with van der Waals surface area (Å²) in [4.78, 5) is 10.7. The van der Waals surface area contributed by atoms with Gasteiger partial charge in [0.05, 0.1) is 0 Å². The zero-order valence-corrected chi connectivity index (χ0v) is 12.9. The number of carboxylic acid groups (broad SMARTS) is 1. The highest BCUT2D eigenvalue weighted by atomic mass is 32.2. The molecule has 0 aromatic heterocycles. The summed E-state index contributed by atoms with van der Waals surface area (Å²) in [6, 6.07) is -0.735. The first-order chi connectivity index (χ1) is 8.45. The fraction of sp³-hybridized carbons (Fsp3) is 0.929. The second-order valence-corrected chi connectivity index (χ2v) is 6.83. The third kappa shape index (κ3) is 7.98. The van der Waals surface area contributed by atoms with Gasteiger partial charge in [-0.15, -0.1) is 0 Å². The SMILES string of the molecule is CCCCCCCC(C)(CC)SCC(N)C(=O)O. The predicted octanol–water partition coefficient (Wildman–Crippen LogP) is 3.66. The molecule has 0 heterocycles. The van der Waals surface area contributed by atoms with E-state index < -0.39 is 12.0 Å². The van der Waals surface area contributed by atoms with Crippen LogP contribution in [0.1, 0.15) is 65.7 Å². The molecule has 0 aliphatic carbocycles. The Hall–Kier alpha value is -0.220. The molecule has 18 heavy (non-hydrogen) atoms. The largest absolute Gasteiger partial charge is 0.480 e. The summed E-state index contributed by atoms with van der Waals surface area (Å²) in [5.74, 6) is -0.391. The van der Waals surface area contributed by atoms with Crippen LogP contribution < -0.4 is 5.73 Å². The van der Waals surface area contributed by atoms with E-state index in [1.807, 2.05) is 0 Å². The van der Waals surface area contributed by atoms with Crippen LogP contribution in [0.2, 0.25) is 0 Å². The first kappa shape index (κ1) is 17.8. The standard InChI is InChI=1S/C14H29NO2S/c1-4-6-7-8-9-10-14(3,5-2)18-11-12(15)13(16)17/h12H,4-11,15H2,1-3H3,(H,16,17). The van der Waals surface area contributed by atoms with Crippen LogP contribution in [-0.2, 0) is 4.79 Å². The van der Waals surface area contributed by atoms with Crippen molar-refractivity contribution in [2.75, 3.05) is 5.75 Å². The summed E-state index contributed by atoms with van der Waals surface area (Å²) in [7, 11) is 0. The average molecular weight is 275 g/mol. The van der Waals surface area contributed by atoms with Crippen molar-refractivity contribution in [2.45, 2.75) is 76.5 Å². The third-order valence-corrected chi connectivity index (χ3v) is 5.20. The lowest BCUT2D eigenvalue weighted by Gasteiger charge is -2.28. The zero-order valence-electron chi connectivity index (χ0n) is 12.1. The maximum atomic E-state index is 10.7. The Kier molecular flexibility index (Phi) is 9.56. The average Bonchev–Trinajstić information content (AvgIpc) is 2.35. The molecule has 3 N–H and O–H groups in total. The minimum absolute atomic E-state index is 0.180. The van der Waals surface area contributed by atoms with Crippen LogP contribution in [-0.4, -0.2) is 27.6 Å². The number of carbonyl (C=O) groups is 1.